The molecule has 2 aromatic heterocycles. The largest absolute Gasteiger partial charge is 0.355 e. The zero-order chi connectivity index (χ0) is 20.4. The molecule has 0 bridgehead atoms. The van der Waals surface area contributed by atoms with Gasteiger partial charge in [0.1, 0.15) is 10.3 Å². The van der Waals surface area contributed by atoms with Gasteiger partial charge in [0, 0.05) is 23.8 Å². The van der Waals surface area contributed by atoms with Gasteiger partial charge in [-0.15, -0.1) is 0 Å². The number of halogens is 3. The third-order valence-corrected chi connectivity index (χ3v) is 5.00. The Morgan fingerprint density at radius 3 is 2.61 bits per heavy atom. The average Bonchev–Trinajstić information content (AvgIpc) is 3.05. The molecule has 0 unspecified atom stereocenters. The minimum absolute atomic E-state index is 0.206. The highest BCUT2D eigenvalue weighted by molar-refractivity contribution is 9.10. The van der Waals surface area contributed by atoms with Gasteiger partial charge in [0.25, 0.3) is 11.8 Å². The number of pyridine rings is 1. The summed E-state index contributed by atoms with van der Waals surface area (Å²) in [5.41, 5.74) is 1.67. The Bertz CT molecular complexity index is 1080. The van der Waals surface area contributed by atoms with Crippen molar-refractivity contribution in [2.24, 2.45) is 0 Å². The topological polar surface area (TPSA) is 88.9 Å². The Morgan fingerprint density at radius 1 is 1.18 bits per heavy atom. The lowest BCUT2D eigenvalue weighted by Gasteiger charge is -2.14. The van der Waals surface area contributed by atoms with E-state index in [1.54, 1.807) is 37.4 Å². The summed E-state index contributed by atoms with van der Waals surface area (Å²) in [5.74, 6) is -0.461. The molecule has 7 nitrogen and oxygen atoms in total. The first-order valence-corrected chi connectivity index (χ1v) is 9.98. The van der Waals surface area contributed by atoms with E-state index in [0.717, 1.165) is 10.0 Å². The monoisotopic (exact) mass is 525 g/mol. The van der Waals surface area contributed by atoms with Crippen LogP contribution in [0.25, 0.3) is 5.82 Å². The van der Waals surface area contributed by atoms with Crippen LogP contribution in [0, 0.1) is 6.92 Å². The van der Waals surface area contributed by atoms with Crippen molar-refractivity contribution < 1.29 is 9.59 Å². The number of benzene rings is 1. The van der Waals surface area contributed by atoms with E-state index in [2.05, 4.69) is 52.6 Å². The first-order valence-electron chi connectivity index (χ1n) is 8.02. The molecular weight excluding hydrogens is 513 g/mol. The van der Waals surface area contributed by atoms with E-state index in [4.69, 9.17) is 11.6 Å². The summed E-state index contributed by atoms with van der Waals surface area (Å²) in [4.78, 5) is 29.5. The van der Waals surface area contributed by atoms with Crippen molar-refractivity contribution in [3.8, 4) is 5.82 Å². The van der Waals surface area contributed by atoms with Crippen molar-refractivity contribution in [3.05, 3.63) is 67.4 Å². The van der Waals surface area contributed by atoms with Crippen LogP contribution in [0.5, 0.6) is 0 Å². The van der Waals surface area contributed by atoms with Crippen molar-refractivity contribution in [2.75, 3.05) is 12.4 Å². The lowest BCUT2D eigenvalue weighted by molar-refractivity contribution is 0.0964. The minimum atomic E-state index is -0.463. The zero-order valence-corrected chi connectivity index (χ0v) is 18.7. The molecule has 2 N–H and O–H groups in total. The molecule has 0 spiro atoms. The van der Waals surface area contributed by atoms with Crippen LogP contribution in [0.4, 0.5) is 5.69 Å². The second-order valence-electron chi connectivity index (χ2n) is 5.75. The summed E-state index contributed by atoms with van der Waals surface area (Å²) in [6, 6.07) is 8.35. The van der Waals surface area contributed by atoms with E-state index in [1.807, 2.05) is 6.07 Å². The quantitative estimate of drug-likeness (QED) is 0.528. The number of hydrogen-bond acceptors (Lipinski definition) is 4. The number of nitrogens with one attached hydrogen (secondary N) is 2. The first kappa shape index (κ1) is 20.5. The van der Waals surface area contributed by atoms with Crippen molar-refractivity contribution >= 4 is 61.0 Å². The standard InChI is InChI=1S/C18H14Br2ClN5O2/c1-9-6-10(19)7-11(17(27)22-2)15(9)24-18(28)13-8-14(20)25-26(13)16-12(21)4-3-5-23-16/h3-8H,1-2H3,(H,22,27)(H,24,28). The van der Waals surface area contributed by atoms with Crippen LogP contribution in [0.2, 0.25) is 5.02 Å². The molecule has 0 atom stereocenters. The number of aryl methyl sites for hydroxylation is 1. The van der Waals surface area contributed by atoms with Gasteiger partial charge in [0.2, 0.25) is 0 Å². The van der Waals surface area contributed by atoms with Crippen LogP contribution in [0.15, 0.2) is 45.6 Å². The smallest absolute Gasteiger partial charge is 0.274 e. The molecule has 0 aliphatic carbocycles. The highest BCUT2D eigenvalue weighted by atomic mass is 79.9. The Labute approximate surface area is 182 Å². The van der Waals surface area contributed by atoms with E-state index < -0.39 is 5.91 Å². The zero-order valence-electron chi connectivity index (χ0n) is 14.8. The Balaban J connectivity index is 2.05. The lowest BCUT2D eigenvalue weighted by Crippen LogP contribution is -2.23. The Morgan fingerprint density at radius 2 is 1.93 bits per heavy atom. The summed E-state index contributed by atoms with van der Waals surface area (Å²) in [7, 11) is 1.53. The summed E-state index contributed by atoms with van der Waals surface area (Å²) in [6.45, 7) is 1.80. The van der Waals surface area contributed by atoms with Crippen LogP contribution in [0.1, 0.15) is 26.4 Å². The fraction of sp³-hybridized carbons (Fsp3) is 0.111. The average molecular weight is 528 g/mol. The van der Waals surface area contributed by atoms with Gasteiger partial charge < -0.3 is 10.6 Å². The first-order chi connectivity index (χ1) is 13.3. The molecule has 10 heteroatoms. The van der Waals surface area contributed by atoms with Crippen LogP contribution in [0.3, 0.4) is 0 Å². The number of aromatic nitrogens is 3. The van der Waals surface area contributed by atoms with Crippen LogP contribution >= 0.6 is 43.5 Å². The van der Waals surface area contributed by atoms with Gasteiger partial charge in [-0.25, -0.2) is 9.67 Å². The number of nitrogens with zero attached hydrogens (tertiary/aromatic N) is 3. The lowest BCUT2D eigenvalue weighted by atomic mass is 10.1. The van der Waals surface area contributed by atoms with Crippen molar-refractivity contribution in [3.63, 3.8) is 0 Å². The van der Waals surface area contributed by atoms with Gasteiger partial charge in [-0.3, -0.25) is 9.59 Å². The maximum absolute atomic E-state index is 13.0. The number of carbonyl (C=O) groups is 2. The number of amides is 2. The molecule has 3 aromatic rings. The third kappa shape index (κ3) is 4.11. The van der Waals surface area contributed by atoms with Gasteiger partial charge in [-0.2, -0.15) is 5.10 Å². The molecule has 0 saturated heterocycles. The predicted molar refractivity (Wildman–Crippen MR) is 114 cm³/mol. The number of carbonyl (C=O) groups excluding carboxylic acids is 2. The van der Waals surface area contributed by atoms with E-state index in [1.165, 1.54) is 11.7 Å². The molecule has 2 amide bonds. The van der Waals surface area contributed by atoms with Gasteiger partial charge in [0.05, 0.1) is 16.3 Å². The highest BCUT2D eigenvalue weighted by Gasteiger charge is 2.22. The number of anilines is 1. The van der Waals surface area contributed by atoms with Gasteiger partial charge in [0.15, 0.2) is 5.82 Å². The molecule has 2 heterocycles. The fourth-order valence-corrected chi connectivity index (χ4v) is 3.76. The molecular formula is C18H14Br2ClN5O2. The van der Waals surface area contributed by atoms with Crippen LogP contribution < -0.4 is 10.6 Å². The van der Waals surface area contributed by atoms with Crippen LogP contribution in [-0.4, -0.2) is 33.6 Å². The summed E-state index contributed by atoms with van der Waals surface area (Å²) in [6.07, 6.45) is 1.56. The SMILES string of the molecule is CNC(=O)c1cc(Br)cc(C)c1NC(=O)c1cc(Br)nn1-c1ncccc1Cl. The van der Waals surface area contributed by atoms with Crippen LogP contribution in [-0.2, 0) is 0 Å². The molecule has 0 saturated carbocycles. The summed E-state index contributed by atoms with van der Waals surface area (Å²) in [5, 5.41) is 9.98. The highest BCUT2D eigenvalue weighted by Crippen LogP contribution is 2.27. The van der Waals surface area contributed by atoms with Gasteiger partial charge in [-0.05, 0) is 52.7 Å². The Hall–Kier alpha value is -2.23. The molecule has 0 fully saturated rings. The molecule has 144 valence electrons. The summed E-state index contributed by atoms with van der Waals surface area (Å²) >= 11 is 12.9. The number of hydrogen-bond donors (Lipinski definition) is 2. The van der Waals surface area contributed by atoms with E-state index >= 15 is 0 Å². The van der Waals surface area contributed by atoms with Crippen molar-refractivity contribution in [1.82, 2.24) is 20.1 Å². The van der Waals surface area contributed by atoms with Gasteiger partial charge in [-0.1, -0.05) is 27.5 Å². The second-order valence-corrected chi connectivity index (χ2v) is 7.89. The molecule has 3 rings (SSSR count). The van der Waals surface area contributed by atoms with Gasteiger partial charge >= 0.3 is 0 Å². The van der Waals surface area contributed by atoms with E-state index in [9.17, 15) is 9.59 Å². The summed E-state index contributed by atoms with van der Waals surface area (Å²) < 4.78 is 2.52. The van der Waals surface area contributed by atoms with Crippen molar-refractivity contribution in [1.29, 1.82) is 0 Å². The molecule has 0 radical (unpaired) electrons. The van der Waals surface area contributed by atoms with E-state index in [-0.39, 0.29) is 11.6 Å². The second kappa shape index (κ2) is 8.42. The molecule has 1 aromatic carbocycles. The van der Waals surface area contributed by atoms with Crippen molar-refractivity contribution in [2.45, 2.75) is 6.92 Å². The third-order valence-electron chi connectivity index (χ3n) is 3.86. The van der Waals surface area contributed by atoms with E-state index in [0.29, 0.717) is 26.7 Å². The maximum Gasteiger partial charge on any atom is 0.274 e. The normalized spacial score (nSPS) is 10.6. The molecule has 0 aliphatic rings. The maximum atomic E-state index is 13.0. The molecule has 28 heavy (non-hydrogen) atoms. The number of rotatable bonds is 4. The Kier molecular flexibility index (Phi) is 6.17. The molecule has 0 aliphatic heterocycles. The predicted octanol–water partition coefficient (Wildman–Crippen LogP) is 4.37. The minimum Gasteiger partial charge on any atom is -0.355 e. The fourth-order valence-electron chi connectivity index (χ4n) is 2.61.